The Morgan fingerprint density at radius 1 is 1.39 bits per heavy atom. The van der Waals surface area contributed by atoms with Gasteiger partial charge in [-0.25, -0.2) is 4.98 Å². The monoisotopic (exact) mass is 313 g/mol. The molecule has 0 saturated carbocycles. The van der Waals surface area contributed by atoms with Crippen LogP contribution < -0.4 is 5.32 Å². The number of hydrogen-bond donors (Lipinski definition) is 3. The van der Waals surface area contributed by atoms with Gasteiger partial charge in [-0.3, -0.25) is 14.6 Å². The molecule has 3 heterocycles. The van der Waals surface area contributed by atoms with Gasteiger partial charge in [0.2, 0.25) is 0 Å². The van der Waals surface area contributed by atoms with Gasteiger partial charge in [0.15, 0.2) is 0 Å². The second-order valence-electron chi connectivity index (χ2n) is 5.42. The number of amides is 1. The van der Waals surface area contributed by atoms with Crippen molar-refractivity contribution in [2.75, 3.05) is 6.54 Å². The summed E-state index contributed by atoms with van der Waals surface area (Å²) in [5, 5.41) is 14.3. The first-order valence-electron chi connectivity index (χ1n) is 7.37. The molecule has 3 N–H and O–H groups in total. The van der Waals surface area contributed by atoms with Crippen molar-refractivity contribution < 1.29 is 4.79 Å². The van der Waals surface area contributed by atoms with Crippen LogP contribution in [0.3, 0.4) is 0 Å². The number of H-pyrrole nitrogens is 2. The predicted octanol–water partition coefficient (Wildman–Crippen LogP) is 1.12. The lowest BCUT2D eigenvalue weighted by atomic mass is 10.1. The molecule has 3 aromatic rings. The summed E-state index contributed by atoms with van der Waals surface area (Å²) in [5.41, 5.74) is 5.01. The van der Waals surface area contributed by atoms with Gasteiger partial charge in [0, 0.05) is 43.2 Å². The van der Waals surface area contributed by atoms with Gasteiger partial charge in [-0.15, -0.1) is 0 Å². The average Bonchev–Trinajstić information content (AvgIpc) is 3.22. The Bertz CT molecular complexity index is 813. The minimum Gasteiger partial charge on any atom is -0.350 e. The molecule has 8 nitrogen and oxygen atoms in total. The van der Waals surface area contributed by atoms with Crippen LogP contribution in [-0.2, 0) is 13.5 Å². The second-order valence-corrected chi connectivity index (χ2v) is 5.42. The van der Waals surface area contributed by atoms with Crippen molar-refractivity contribution in [2.45, 2.75) is 20.3 Å². The van der Waals surface area contributed by atoms with Crippen molar-refractivity contribution in [1.82, 2.24) is 35.3 Å². The molecule has 0 unspecified atom stereocenters. The minimum absolute atomic E-state index is 0.178. The number of rotatable bonds is 5. The van der Waals surface area contributed by atoms with Gasteiger partial charge >= 0.3 is 0 Å². The summed E-state index contributed by atoms with van der Waals surface area (Å²) < 4.78 is 1.81. The number of aromatic amines is 2. The van der Waals surface area contributed by atoms with E-state index in [1.54, 1.807) is 18.6 Å². The summed E-state index contributed by atoms with van der Waals surface area (Å²) in [6, 6.07) is 1.75. The van der Waals surface area contributed by atoms with Gasteiger partial charge in [0.25, 0.3) is 5.91 Å². The lowest BCUT2D eigenvalue weighted by Crippen LogP contribution is -2.26. The third kappa shape index (κ3) is 3.01. The van der Waals surface area contributed by atoms with Gasteiger partial charge in [-0.2, -0.15) is 10.2 Å². The van der Waals surface area contributed by atoms with E-state index < -0.39 is 0 Å². The summed E-state index contributed by atoms with van der Waals surface area (Å²) in [6.07, 6.45) is 4.07. The largest absolute Gasteiger partial charge is 0.350 e. The predicted molar refractivity (Wildman–Crippen MR) is 84.9 cm³/mol. The van der Waals surface area contributed by atoms with Gasteiger partial charge in [0.1, 0.15) is 5.69 Å². The van der Waals surface area contributed by atoms with E-state index in [2.05, 4.69) is 30.6 Å². The van der Waals surface area contributed by atoms with Crippen molar-refractivity contribution >= 4 is 5.91 Å². The number of nitrogens with one attached hydrogen (secondary N) is 3. The van der Waals surface area contributed by atoms with E-state index in [-0.39, 0.29) is 5.91 Å². The molecule has 0 radical (unpaired) electrons. The lowest BCUT2D eigenvalue weighted by Gasteiger charge is -2.01. The highest BCUT2D eigenvalue weighted by Crippen LogP contribution is 2.25. The summed E-state index contributed by atoms with van der Waals surface area (Å²) in [5.74, 6) is -0.178. The fourth-order valence-corrected chi connectivity index (χ4v) is 2.54. The first-order chi connectivity index (χ1) is 11.1. The third-order valence-electron chi connectivity index (χ3n) is 3.82. The highest BCUT2D eigenvalue weighted by atomic mass is 16.1. The maximum absolute atomic E-state index is 12.2. The van der Waals surface area contributed by atoms with Gasteiger partial charge < -0.3 is 10.3 Å². The van der Waals surface area contributed by atoms with Crippen molar-refractivity contribution in [3.63, 3.8) is 0 Å². The van der Waals surface area contributed by atoms with E-state index in [4.69, 9.17) is 0 Å². The van der Waals surface area contributed by atoms with Gasteiger partial charge in [0.05, 0.1) is 17.7 Å². The molecule has 0 aliphatic heterocycles. The van der Waals surface area contributed by atoms with Crippen molar-refractivity contribution in [1.29, 1.82) is 0 Å². The lowest BCUT2D eigenvalue weighted by molar-refractivity contribution is 0.0949. The molecule has 0 atom stereocenters. The molecule has 0 bridgehead atoms. The zero-order valence-corrected chi connectivity index (χ0v) is 13.3. The smallest absolute Gasteiger partial charge is 0.269 e. The number of nitrogens with zero attached hydrogens (tertiary/aromatic N) is 4. The molecule has 1 amide bonds. The Hall–Kier alpha value is -2.90. The molecule has 0 aromatic carbocycles. The zero-order valence-electron chi connectivity index (χ0n) is 13.3. The second kappa shape index (κ2) is 6.07. The van der Waals surface area contributed by atoms with Crippen LogP contribution in [0.2, 0.25) is 0 Å². The Morgan fingerprint density at radius 2 is 2.22 bits per heavy atom. The Labute approximate surface area is 133 Å². The summed E-state index contributed by atoms with van der Waals surface area (Å²) >= 11 is 0. The molecule has 0 spiro atoms. The van der Waals surface area contributed by atoms with Gasteiger partial charge in [-0.1, -0.05) is 0 Å². The third-order valence-corrected chi connectivity index (χ3v) is 3.82. The highest BCUT2D eigenvalue weighted by molar-refractivity contribution is 5.93. The van der Waals surface area contributed by atoms with Crippen molar-refractivity contribution in [2.24, 2.45) is 7.05 Å². The summed E-state index contributed by atoms with van der Waals surface area (Å²) in [4.78, 5) is 19.1. The Balaban J connectivity index is 1.67. The normalized spacial score (nSPS) is 10.9. The number of carbonyl (C=O) groups is 1. The van der Waals surface area contributed by atoms with Gasteiger partial charge in [-0.05, 0) is 19.9 Å². The Morgan fingerprint density at radius 3 is 2.87 bits per heavy atom. The fraction of sp³-hybridized carbons (Fsp3) is 0.333. The topological polar surface area (TPSA) is 104 Å². The van der Waals surface area contributed by atoms with E-state index in [1.807, 2.05) is 25.6 Å². The molecule has 0 aliphatic carbocycles. The molecule has 3 rings (SSSR count). The molecule has 0 fully saturated rings. The Kier molecular flexibility index (Phi) is 3.96. The van der Waals surface area contributed by atoms with E-state index in [1.165, 1.54) is 0 Å². The van der Waals surface area contributed by atoms with E-state index in [0.717, 1.165) is 28.3 Å². The summed E-state index contributed by atoms with van der Waals surface area (Å²) in [6.45, 7) is 4.44. The maximum atomic E-state index is 12.2. The maximum Gasteiger partial charge on any atom is 0.269 e. The first kappa shape index (κ1) is 15.0. The SMILES string of the molecule is Cc1nn(C)c(C)c1-c1cc(C(=O)NCCc2cnc[nH]2)[nH]n1. The van der Waals surface area contributed by atoms with Crippen molar-refractivity contribution in [3.05, 3.63) is 41.4 Å². The molecular weight excluding hydrogens is 294 g/mol. The van der Waals surface area contributed by atoms with Crippen LogP contribution in [-0.4, -0.2) is 42.4 Å². The van der Waals surface area contributed by atoms with Crippen LogP contribution >= 0.6 is 0 Å². The van der Waals surface area contributed by atoms with E-state index in [0.29, 0.717) is 18.7 Å². The van der Waals surface area contributed by atoms with E-state index in [9.17, 15) is 4.79 Å². The van der Waals surface area contributed by atoms with Crippen LogP contribution in [0.25, 0.3) is 11.3 Å². The number of carbonyl (C=O) groups excluding carboxylic acids is 1. The fourth-order valence-electron chi connectivity index (χ4n) is 2.54. The van der Waals surface area contributed by atoms with Crippen LogP contribution in [0.4, 0.5) is 0 Å². The number of imidazole rings is 1. The number of aromatic nitrogens is 6. The average molecular weight is 313 g/mol. The van der Waals surface area contributed by atoms with Crippen LogP contribution in [0.1, 0.15) is 27.6 Å². The standard InChI is InChI=1S/C15H19N7O/c1-9-14(10(2)22(3)21-9)12-6-13(20-19-12)15(23)17-5-4-11-7-16-8-18-11/h6-8H,4-5H2,1-3H3,(H,16,18)(H,17,23)(H,19,20). The quantitative estimate of drug-likeness (QED) is 0.656. The minimum atomic E-state index is -0.178. The van der Waals surface area contributed by atoms with Crippen LogP contribution in [0.15, 0.2) is 18.6 Å². The molecule has 8 heteroatoms. The first-order valence-corrected chi connectivity index (χ1v) is 7.37. The highest BCUT2D eigenvalue weighted by Gasteiger charge is 2.16. The van der Waals surface area contributed by atoms with Crippen LogP contribution in [0, 0.1) is 13.8 Å². The molecule has 3 aromatic heterocycles. The number of hydrogen-bond acceptors (Lipinski definition) is 4. The van der Waals surface area contributed by atoms with Crippen LogP contribution in [0.5, 0.6) is 0 Å². The molecule has 120 valence electrons. The molecule has 23 heavy (non-hydrogen) atoms. The summed E-state index contributed by atoms with van der Waals surface area (Å²) in [7, 11) is 1.89. The molecule has 0 saturated heterocycles. The molecular formula is C15H19N7O. The van der Waals surface area contributed by atoms with E-state index >= 15 is 0 Å². The van der Waals surface area contributed by atoms with Crippen molar-refractivity contribution in [3.8, 4) is 11.3 Å². The zero-order chi connectivity index (χ0) is 16.4. The number of aryl methyl sites for hydroxylation is 2. The molecule has 0 aliphatic rings.